The van der Waals surface area contributed by atoms with Gasteiger partial charge in [0.25, 0.3) is 0 Å². The van der Waals surface area contributed by atoms with Crippen molar-refractivity contribution in [1.82, 2.24) is 16.0 Å². The zero-order valence-electron chi connectivity index (χ0n) is 28.1. The third-order valence-electron chi connectivity index (χ3n) is 7.83. The molecule has 2 aromatic carbocycles. The molecule has 0 saturated carbocycles. The molecule has 15 nitrogen and oxygen atoms in total. The van der Waals surface area contributed by atoms with E-state index >= 15 is 0 Å². The monoisotopic (exact) mass is 683 g/mol. The van der Waals surface area contributed by atoms with Crippen LogP contribution < -0.4 is 16.0 Å². The summed E-state index contributed by atoms with van der Waals surface area (Å²) >= 11 is 0. The van der Waals surface area contributed by atoms with Crippen molar-refractivity contribution in [3.8, 4) is 11.1 Å². The highest BCUT2D eigenvalue weighted by molar-refractivity contribution is 5.79. The van der Waals surface area contributed by atoms with Crippen LogP contribution in [0.3, 0.4) is 0 Å². The first-order valence-electron chi connectivity index (χ1n) is 15.7. The topological polar surface area (TPSA) is 194 Å². The van der Waals surface area contributed by atoms with Crippen molar-refractivity contribution in [1.29, 1.82) is 0 Å². The average Bonchev–Trinajstić information content (AvgIpc) is 3.34. The summed E-state index contributed by atoms with van der Waals surface area (Å²) in [7, 11) is 0. The lowest BCUT2D eigenvalue weighted by Crippen LogP contribution is -2.67. The molecule has 0 spiro atoms. The third kappa shape index (κ3) is 9.47. The standard InChI is InChI=1S/C34H41N3O12/c1-17(2)31(36-34(43)45-15-26-24-13-9-7-11-22(24)23-12-8-10-14-25(23)26)35-33(42)37-32-30(48-21(6)41)29(47-20(5)40)28(46-19(4)39)27(49-32)16-44-18(3)38/h7-14,17,26-32H,15-16H2,1-6H3,(H,36,43)(H2,35,37,42)/t27?,28-,29+,30?,31-,32-/m1/s1. The van der Waals surface area contributed by atoms with Crippen LogP contribution in [0.1, 0.15) is 58.6 Å². The van der Waals surface area contributed by atoms with Crippen LogP contribution in [-0.2, 0) is 47.6 Å². The fourth-order valence-electron chi connectivity index (χ4n) is 5.79. The number of esters is 4. The summed E-state index contributed by atoms with van der Waals surface area (Å²) in [5.74, 6) is -3.62. The number of carbonyl (C=O) groups is 6. The zero-order valence-corrected chi connectivity index (χ0v) is 28.1. The Morgan fingerprint density at radius 3 is 1.73 bits per heavy atom. The zero-order chi connectivity index (χ0) is 35.8. The Kier molecular flexibility index (Phi) is 12.2. The summed E-state index contributed by atoms with van der Waals surface area (Å²) in [6.07, 6.45) is -8.82. The van der Waals surface area contributed by atoms with E-state index in [4.69, 9.17) is 28.4 Å². The second-order valence-corrected chi connectivity index (χ2v) is 11.9. The van der Waals surface area contributed by atoms with E-state index in [1.807, 2.05) is 48.5 Å². The molecule has 1 fully saturated rings. The van der Waals surface area contributed by atoms with Gasteiger partial charge in [0.2, 0.25) is 0 Å². The Labute approximate surface area is 283 Å². The van der Waals surface area contributed by atoms with Crippen LogP contribution in [-0.4, -0.2) is 86.0 Å². The SMILES string of the molecule is CC(=O)OCC1O[C@@H](NC(=O)N[C@H](NC(=O)OCC2c3ccccc3-c3ccccc32)C(C)C)C(OC(C)=O)[C@@H](OC(C)=O)[C@@H]1OC(C)=O. The maximum absolute atomic E-state index is 13.3. The maximum Gasteiger partial charge on any atom is 0.408 e. The smallest absolute Gasteiger partial charge is 0.408 e. The molecule has 3 amide bonds. The van der Waals surface area contributed by atoms with Crippen molar-refractivity contribution in [3.05, 3.63) is 59.7 Å². The van der Waals surface area contributed by atoms with Gasteiger partial charge in [-0.2, -0.15) is 0 Å². The summed E-state index contributed by atoms with van der Waals surface area (Å²) in [6.45, 7) is 7.52. The number of rotatable bonds is 11. The van der Waals surface area contributed by atoms with Crippen molar-refractivity contribution in [2.75, 3.05) is 13.2 Å². The number of carbonyl (C=O) groups excluding carboxylic acids is 6. The molecule has 0 bridgehead atoms. The predicted molar refractivity (Wildman–Crippen MR) is 170 cm³/mol. The second-order valence-electron chi connectivity index (χ2n) is 11.9. The number of nitrogens with one attached hydrogen (secondary N) is 3. The fraction of sp³-hybridized carbons (Fsp3) is 0.471. The molecule has 0 radical (unpaired) electrons. The minimum Gasteiger partial charge on any atom is -0.463 e. The quantitative estimate of drug-likeness (QED) is 0.178. The average molecular weight is 684 g/mol. The van der Waals surface area contributed by atoms with Gasteiger partial charge in [-0.15, -0.1) is 0 Å². The molecule has 2 aromatic rings. The van der Waals surface area contributed by atoms with Gasteiger partial charge in [0.1, 0.15) is 25.5 Å². The molecule has 4 rings (SSSR count). The summed E-state index contributed by atoms with van der Waals surface area (Å²) < 4.78 is 32.7. The number of alkyl carbamates (subject to hydrolysis) is 1. The fourth-order valence-corrected chi connectivity index (χ4v) is 5.79. The van der Waals surface area contributed by atoms with Crippen LogP contribution in [0.25, 0.3) is 11.1 Å². The number of amides is 3. The molecule has 49 heavy (non-hydrogen) atoms. The number of hydrogen-bond donors (Lipinski definition) is 3. The van der Waals surface area contributed by atoms with Crippen LogP contribution in [0.5, 0.6) is 0 Å². The molecule has 6 atom stereocenters. The highest BCUT2D eigenvalue weighted by Crippen LogP contribution is 2.44. The lowest BCUT2D eigenvalue weighted by atomic mass is 9.97. The van der Waals surface area contributed by atoms with Crippen molar-refractivity contribution in [2.24, 2.45) is 5.92 Å². The molecule has 0 aromatic heterocycles. The normalized spacial score (nSPS) is 21.7. The third-order valence-corrected chi connectivity index (χ3v) is 7.83. The predicted octanol–water partition coefficient (Wildman–Crippen LogP) is 2.89. The van der Waals surface area contributed by atoms with Gasteiger partial charge in [0, 0.05) is 33.6 Å². The Hall–Kier alpha value is -5.18. The molecule has 2 unspecified atom stereocenters. The first kappa shape index (κ1) is 36.7. The van der Waals surface area contributed by atoms with E-state index in [-0.39, 0.29) is 18.4 Å². The van der Waals surface area contributed by atoms with Gasteiger partial charge in [0.15, 0.2) is 24.5 Å². The van der Waals surface area contributed by atoms with Gasteiger partial charge in [-0.25, -0.2) is 9.59 Å². The highest BCUT2D eigenvalue weighted by atomic mass is 16.7. The van der Waals surface area contributed by atoms with E-state index in [2.05, 4.69) is 16.0 Å². The highest BCUT2D eigenvalue weighted by Gasteiger charge is 2.52. The molecule has 1 aliphatic carbocycles. The van der Waals surface area contributed by atoms with Crippen molar-refractivity contribution < 1.29 is 57.2 Å². The summed E-state index contributed by atoms with van der Waals surface area (Å²) in [5, 5.41) is 7.80. The molecular weight excluding hydrogens is 642 g/mol. The van der Waals surface area contributed by atoms with Gasteiger partial charge >= 0.3 is 36.0 Å². The first-order valence-corrected chi connectivity index (χ1v) is 15.7. The molecule has 2 aliphatic rings. The van der Waals surface area contributed by atoms with E-state index in [0.29, 0.717) is 0 Å². The summed E-state index contributed by atoms with van der Waals surface area (Å²) in [4.78, 5) is 74.0. The van der Waals surface area contributed by atoms with E-state index in [9.17, 15) is 28.8 Å². The number of hydrogen-bond acceptors (Lipinski definition) is 12. The van der Waals surface area contributed by atoms with Crippen LogP contribution in [0.2, 0.25) is 0 Å². The minimum atomic E-state index is -1.50. The summed E-state index contributed by atoms with van der Waals surface area (Å²) in [5.41, 5.74) is 4.24. The van der Waals surface area contributed by atoms with Gasteiger partial charge in [-0.05, 0) is 28.2 Å². The van der Waals surface area contributed by atoms with E-state index < -0.39 is 79.4 Å². The molecule has 1 heterocycles. The Balaban J connectivity index is 1.46. The van der Waals surface area contributed by atoms with Crippen LogP contribution >= 0.6 is 0 Å². The first-order chi connectivity index (χ1) is 23.2. The number of urea groups is 1. The maximum atomic E-state index is 13.3. The van der Waals surface area contributed by atoms with E-state index in [1.165, 1.54) is 0 Å². The van der Waals surface area contributed by atoms with Crippen molar-refractivity contribution in [3.63, 3.8) is 0 Å². The molecule has 264 valence electrons. The summed E-state index contributed by atoms with van der Waals surface area (Å²) in [6, 6.07) is 14.9. The van der Waals surface area contributed by atoms with Crippen LogP contribution in [0.4, 0.5) is 9.59 Å². The van der Waals surface area contributed by atoms with Crippen molar-refractivity contribution in [2.45, 2.75) is 84.3 Å². The van der Waals surface area contributed by atoms with Crippen molar-refractivity contribution >= 4 is 36.0 Å². The lowest BCUT2D eigenvalue weighted by Gasteiger charge is -2.44. The number of fused-ring (bicyclic) bond motifs is 3. The molecular formula is C34H41N3O12. The Morgan fingerprint density at radius 1 is 0.673 bits per heavy atom. The molecule has 1 saturated heterocycles. The lowest BCUT2D eigenvalue weighted by molar-refractivity contribution is -0.255. The number of ether oxygens (including phenoxy) is 6. The van der Waals surface area contributed by atoms with E-state index in [0.717, 1.165) is 49.9 Å². The Morgan fingerprint density at radius 2 is 1.20 bits per heavy atom. The van der Waals surface area contributed by atoms with Gasteiger partial charge in [0.05, 0.1) is 0 Å². The van der Waals surface area contributed by atoms with Gasteiger partial charge in [-0.3, -0.25) is 19.2 Å². The molecule has 1 aliphatic heterocycles. The van der Waals surface area contributed by atoms with Crippen LogP contribution in [0, 0.1) is 5.92 Å². The molecule has 15 heteroatoms. The second kappa shape index (κ2) is 16.3. The number of benzene rings is 2. The Bertz CT molecular complexity index is 1520. The minimum absolute atomic E-state index is 0.0572. The van der Waals surface area contributed by atoms with Gasteiger partial charge in [-0.1, -0.05) is 62.4 Å². The van der Waals surface area contributed by atoms with Crippen LogP contribution in [0.15, 0.2) is 48.5 Å². The largest absolute Gasteiger partial charge is 0.463 e. The van der Waals surface area contributed by atoms with E-state index in [1.54, 1.807) is 13.8 Å². The van der Waals surface area contributed by atoms with Gasteiger partial charge < -0.3 is 44.4 Å². The molecule has 3 N–H and O–H groups in total.